The molecular formula is C71H127N17O16. The lowest BCUT2D eigenvalue weighted by Crippen LogP contribution is -2.61. The molecule has 0 radical (unpaired) electrons. The zero-order valence-electron chi connectivity index (χ0n) is 64.5. The van der Waals surface area contributed by atoms with Crippen LogP contribution in [0.3, 0.4) is 0 Å². The molecule has 2 saturated heterocycles. The Labute approximate surface area is 614 Å². The van der Waals surface area contributed by atoms with Crippen LogP contribution in [0.4, 0.5) is 0 Å². The summed E-state index contributed by atoms with van der Waals surface area (Å²) in [5.74, 6) is -12.6. The van der Waals surface area contributed by atoms with Crippen molar-refractivity contribution < 1.29 is 77.0 Å². The standard InChI is InChI=1S/C71H127N17O16/c1-36(2)32-49(63(95)78-44(15)59(91)79-46(17)69(101)88-31-23-27-54(88)71(103)104)81-64(96)50(33-37(3)4)82-68(100)56(41(11)12)86-66(98)53-26-22-30-87(53)70(102)52(35-39(7)8)84-65(97)51(34-38(5)6)83-67(99)55(40(9)10)85-60(92)45(16)76-57(89)42(13)75-58(90)43(14)77-62(94)48(25-19-21-29-73)80-61(93)47(74)24-18-20-28-72/h36-56H,18-35,72-74H2,1-17H3,(H,75,90)(H,76,89)(H,77,94)(H,78,95)(H,79,91)(H,80,93)(H,81,96)(H,82,100)(H,83,99)(H,84,97)(H,85,92)(H,86,98)(H,103,104)/t42-,43-,44-,45-,46-,47-,48-,49-,50-,51-,52-,53-,54-,55-,56-/m0/s1. The van der Waals surface area contributed by atoms with Crippen LogP contribution in [0.2, 0.25) is 0 Å². The van der Waals surface area contributed by atoms with Crippen molar-refractivity contribution in [3.05, 3.63) is 0 Å². The molecule has 592 valence electrons. The molecule has 0 bridgehead atoms. The molecule has 19 N–H and O–H groups in total. The lowest BCUT2D eigenvalue weighted by molar-refractivity contribution is -0.149. The van der Waals surface area contributed by atoms with E-state index < -0.39 is 191 Å². The highest BCUT2D eigenvalue weighted by molar-refractivity contribution is 6.00. The summed E-state index contributed by atoms with van der Waals surface area (Å²) in [6.45, 7) is 29.4. The third-order valence-electron chi connectivity index (χ3n) is 18.1. The van der Waals surface area contributed by atoms with Crippen LogP contribution < -0.4 is 81.0 Å². The summed E-state index contributed by atoms with van der Waals surface area (Å²) in [4.78, 5) is 208. The van der Waals surface area contributed by atoms with E-state index in [0.29, 0.717) is 58.0 Å². The van der Waals surface area contributed by atoms with E-state index in [2.05, 4.69) is 63.8 Å². The number of carbonyl (C=O) groups excluding carboxylic acids is 14. The van der Waals surface area contributed by atoms with Gasteiger partial charge in [0.25, 0.3) is 0 Å². The van der Waals surface area contributed by atoms with Gasteiger partial charge in [-0.1, -0.05) is 89.5 Å². The first-order valence-corrected chi connectivity index (χ1v) is 37.2. The van der Waals surface area contributed by atoms with Crippen LogP contribution in [0, 0.1) is 35.5 Å². The zero-order chi connectivity index (χ0) is 79.2. The molecule has 2 aliphatic heterocycles. The minimum atomic E-state index is -1.26. The van der Waals surface area contributed by atoms with Crippen LogP contribution in [0.1, 0.15) is 208 Å². The predicted molar refractivity (Wildman–Crippen MR) is 390 cm³/mol. The number of nitrogens with one attached hydrogen (secondary N) is 12. The second-order valence-corrected chi connectivity index (χ2v) is 30.3. The van der Waals surface area contributed by atoms with Crippen molar-refractivity contribution in [2.75, 3.05) is 26.2 Å². The number of unbranched alkanes of at least 4 members (excludes halogenated alkanes) is 2. The molecule has 0 aromatic heterocycles. The number of carbonyl (C=O) groups is 15. The van der Waals surface area contributed by atoms with E-state index >= 15 is 0 Å². The van der Waals surface area contributed by atoms with E-state index in [4.69, 9.17) is 17.2 Å². The van der Waals surface area contributed by atoms with Crippen molar-refractivity contribution in [3.63, 3.8) is 0 Å². The van der Waals surface area contributed by atoms with Gasteiger partial charge in [0.05, 0.1) is 6.04 Å². The van der Waals surface area contributed by atoms with Crippen LogP contribution in [0.5, 0.6) is 0 Å². The molecule has 33 nitrogen and oxygen atoms in total. The summed E-state index contributed by atoms with van der Waals surface area (Å²) in [7, 11) is 0. The number of aliphatic carboxylic acids is 1. The number of hydrogen-bond acceptors (Lipinski definition) is 18. The first-order chi connectivity index (χ1) is 48.6. The fourth-order valence-corrected chi connectivity index (χ4v) is 12.2. The lowest BCUT2D eigenvalue weighted by Gasteiger charge is -2.32. The van der Waals surface area contributed by atoms with Gasteiger partial charge in [-0.15, -0.1) is 0 Å². The molecule has 14 amide bonds. The quantitative estimate of drug-likeness (QED) is 0.0327. The molecule has 0 saturated carbocycles. The van der Waals surface area contributed by atoms with Gasteiger partial charge in [0.15, 0.2) is 0 Å². The second-order valence-electron chi connectivity index (χ2n) is 30.3. The molecule has 0 aromatic rings. The minimum Gasteiger partial charge on any atom is -0.480 e. The van der Waals surface area contributed by atoms with E-state index in [1.54, 1.807) is 27.7 Å². The summed E-state index contributed by atoms with van der Waals surface area (Å²) < 4.78 is 0. The second kappa shape index (κ2) is 45.3. The summed E-state index contributed by atoms with van der Waals surface area (Å²) in [6, 6.07) is -17.3. The third-order valence-corrected chi connectivity index (χ3v) is 18.1. The third kappa shape index (κ3) is 30.9. The first-order valence-electron chi connectivity index (χ1n) is 37.2. The van der Waals surface area contributed by atoms with Gasteiger partial charge in [-0.05, 0) is 167 Å². The number of carboxylic acids is 1. The molecule has 0 unspecified atom stereocenters. The molecule has 2 rings (SSSR count). The number of nitrogens with zero attached hydrogens (tertiary/aromatic N) is 2. The minimum absolute atomic E-state index is 0.0961. The van der Waals surface area contributed by atoms with Crippen LogP contribution >= 0.6 is 0 Å². The predicted octanol–water partition coefficient (Wildman–Crippen LogP) is -0.948. The molecule has 15 atom stereocenters. The fraction of sp³-hybridized carbons (Fsp3) is 0.789. The Bertz CT molecular complexity index is 2910. The average molecular weight is 1470 g/mol. The van der Waals surface area contributed by atoms with E-state index in [1.165, 1.54) is 44.4 Å². The summed E-state index contributed by atoms with van der Waals surface area (Å²) in [5.41, 5.74) is 17.3. The summed E-state index contributed by atoms with van der Waals surface area (Å²) in [5, 5.41) is 41.6. The number of nitrogens with two attached hydrogens (primary N) is 3. The smallest absolute Gasteiger partial charge is 0.326 e. The highest BCUT2D eigenvalue weighted by Gasteiger charge is 2.43. The van der Waals surface area contributed by atoms with Gasteiger partial charge in [-0.3, -0.25) is 67.1 Å². The number of likely N-dealkylation sites (tertiary alicyclic amines) is 2. The molecule has 0 aromatic carbocycles. The monoisotopic (exact) mass is 1470 g/mol. The zero-order valence-corrected chi connectivity index (χ0v) is 64.5. The van der Waals surface area contributed by atoms with Gasteiger partial charge >= 0.3 is 5.97 Å². The molecule has 33 heteroatoms. The highest BCUT2D eigenvalue weighted by atomic mass is 16.4. The van der Waals surface area contributed by atoms with E-state index in [-0.39, 0.29) is 81.7 Å². The Morgan fingerprint density at radius 2 is 0.663 bits per heavy atom. The van der Waals surface area contributed by atoms with Crippen molar-refractivity contribution in [2.45, 2.75) is 298 Å². The van der Waals surface area contributed by atoms with E-state index in [0.717, 1.165) is 0 Å². The largest absolute Gasteiger partial charge is 0.480 e. The highest BCUT2D eigenvalue weighted by Crippen LogP contribution is 2.23. The van der Waals surface area contributed by atoms with Crippen molar-refractivity contribution in [1.82, 2.24) is 73.6 Å². The van der Waals surface area contributed by atoms with Gasteiger partial charge in [0, 0.05) is 13.1 Å². The van der Waals surface area contributed by atoms with Crippen LogP contribution in [-0.2, 0) is 71.9 Å². The van der Waals surface area contributed by atoms with E-state index in [1.807, 2.05) is 55.4 Å². The lowest BCUT2D eigenvalue weighted by atomic mass is 9.97. The Hall–Kier alpha value is -8.07. The van der Waals surface area contributed by atoms with Gasteiger partial charge in [0.1, 0.15) is 84.6 Å². The average Bonchev–Trinajstić information content (AvgIpc) is 1.64. The molecule has 104 heavy (non-hydrogen) atoms. The van der Waals surface area contributed by atoms with E-state index in [9.17, 15) is 77.0 Å². The number of rotatable bonds is 45. The Balaban J connectivity index is 2.22. The van der Waals surface area contributed by atoms with Gasteiger partial charge in [-0.25, -0.2) is 4.79 Å². The van der Waals surface area contributed by atoms with Crippen molar-refractivity contribution in [1.29, 1.82) is 0 Å². The molecule has 2 aliphatic rings. The summed E-state index contributed by atoms with van der Waals surface area (Å²) in [6.07, 6.45) is 4.75. The van der Waals surface area contributed by atoms with Gasteiger partial charge in [0.2, 0.25) is 82.7 Å². The van der Waals surface area contributed by atoms with Gasteiger partial charge in [-0.2, -0.15) is 0 Å². The fourth-order valence-electron chi connectivity index (χ4n) is 12.2. The van der Waals surface area contributed by atoms with Crippen molar-refractivity contribution in [3.8, 4) is 0 Å². The Kier molecular flexibility index (Phi) is 40.1. The van der Waals surface area contributed by atoms with Crippen LogP contribution in [0.25, 0.3) is 0 Å². The Morgan fingerprint density at radius 3 is 1.07 bits per heavy atom. The topological polar surface area (TPSA) is 505 Å². The normalized spacial score (nSPS) is 18.2. The number of hydrogen-bond donors (Lipinski definition) is 16. The maximum atomic E-state index is 14.8. The van der Waals surface area contributed by atoms with Crippen LogP contribution in [0.15, 0.2) is 0 Å². The SMILES string of the molecule is CC(C)C[C@H](NC(=O)[C@H](CC(C)C)NC(=O)[C@@H](NC(=O)[C@@H]1CCCN1C(=O)[C@H](CC(C)C)NC(=O)[C@H](CC(C)C)NC(=O)[C@@H](NC(=O)[C@H](C)NC(=O)[C@H](C)NC(=O)[C@H](C)NC(=O)[C@H](CCCCN)NC(=O)[C@@H](N)CCCCN)C(C)C)C(C)C)C(=O)N[C@@H](C)C(=O)N[C@@H](C)C(=O)N1CCC[C@H]1C(=O)O. The molecule has 2 heterocycles. The molecule has 0 spiro atoms. The first kappa shape index (κ1) is 92.0. The maximum Gasteiger partial charge on any atom is 0.326 e. The summed E-state index contributed by atoms with van der Waals surface area (Å²) >= 11 is 0. The van der Waals surface area contributed by atoms with Crippen molar-refractivity contribution >= 4 is 88.7 Å². The molecule has 0 aliphatic carbocycles. The molecular weight excluding hydrogens is 1350 g/mol. The Morgan fingerprint density at radius 1 is 0.346 bits per heavy atom. The number of carboxylic acid groups (broad SMARTS) is 1. The van der Waals surface area contributed by atoms with Crippen molar-refractivity contribution in [2.24, 2.45) is 52.7 Å². The van der Waals surface area contributed by atoms with Crippen LogP contribution in [-0.4, -0.2) is 220 Å². The molecule has 2 fully saturated rings. The maximum absolute atomic E-state index is 14.8. The number of amides is 14. The van der Waals surface area contributed by atoms with Gasteiger partial charge < -0.3 is 95.9 Å².